The maximum absolute atomic E-state index is 14.2. The second-order valence-electron chi connectivity index (χ2n) is 36.0. The summed E-state index contributed by atoms with van der Waals surface area (Å²) in [6.07, 6.45) is -54.8. The maximum atomic E-state index is 14.2. The van der Waals surface area contributed by atoms with Crippen molar-refractivity contribution in [2.24, 2.45) is 0 Å². The Hall–Kier alpha value is -9.66. The third kappa shape index (κ3) is 23.4. The fraction of sp³-hybridized carbons (Fsp3) is 0.371. The molecule has 4 unspecified atom stereocenters. The van der Waals surface area contributed by atoms with E-state index in [-0.39, 0.29) is 21.7 Å². The van der Waals surface area contributed by atoms with Crippen LogP contribution in [-0.2, 0) is 90.3 Å². The van der Waals surface area contributed by atoms with Crippen molar-refractivity contribution in [2.75, 3.05) is 9.80 Å². The molecule has 3 nitrogen and oxygen atoms in total. The second-order valence-corrected chi connectivity index (χ2v) is 36.0. The molecule has 29 heteroatoms. The van der Waals surface area contributed by atoms with E-state index in [1.165, 1.54) is 96.2 Å². The third-order valence-corrected chi connectivity index (χ3v) is 22.7. The molecule has 0 bridgehead atoms. The van der Waals surface area contributed by atoms with E-state index in [9.17, 15) is 105 Å². The van der Waals surface area contributed by atoms with Gasteiger partial charge in [-0.15, -0.1) is 0 Å². The molecule has 4 atom stereocenters. The molecule has 0 saturated carbocycles. The zero-order valence-electron chi connectivity index (χ0n) is 72.6. The number of rotatable bonds is 10. The van der Waals surface area contributed by atoms with Crippen molar-refractivity contribution in [3.05, 3.63) is 272 Å². The average molecular weight is 1880 g/mol. The molecule has 12 rings (SSSR count). The van der Waals surface area contributed by atoms with Gasteiger partial charge in [0.1, 0.15) is 6.15 Å². The Labute approximate surface area is 730 Å². The molecule has 0 N–H and O–H groups in total. The Morgan fingerprint density at radius 1 is 0.254 bits per heavy atom. The topological polar surface area (TPSA) is 29.8 Å². The molecule has 0 aromatic heterocycles. The first-order valence-corrected chi connectivity index (χ1v) is 41.3. The van der Waals surface area contributed by atoms with Crippen LogP contribution in [0.2, 0.25) is 5.40 Å². The fourth-order valence-electron chi connectivity index (χ4n) is 15.5. The molecule has 2 fully saturated rings. The molecule has 0 spiro atoms. The molecule has 2 heterocycles. The van der Waals surface area contributed by atoms with Crippen LogP contribution in [0.1, 0.15) is 196 Å². The Bertz CT molecular complexity index is 4750. The summed E-state index contributed by atoms with van der Waals surface area (Å²) in [6.45, 7) is 42.5. The molecular formula is C97H96BF24N3Pd. The summed E-state index contributed by atoms with van der Waals surface area (Å²) in [4.78, 5) is 5.17. The summed E-state index contributed by atoms with van der Waals surface area (Å²) in [5.74, 6) is 0. The number of alkyl halides is 24. The van der Waals surface area contributed by atoms with Gasteiger partial charge in [0.25, 0.3) is 0 Å². The molecule has 2 aliphatic heterocycles. The van der Waals surface area contributed by atoms with E-state index >= 15 is 0 Å². The van der Waals surface area contributed by atoms with Crippen molar-refractivity contribution in [3.63, 3.8) is 0 Å². The monoisotopic (exact) mass is 1880 g/mol. The predicted octanol–water partition coefficient (Wildman–Crippen LogP) is 29.4. The summed E-state index contributed by atoms with van der Waals surface area (Å²) in [7, 11) is 0. The van der Waals surface area contributed by atoms with Crippen LogP contribution in [0.4, 0.5) is 117 Å². The van der Waals surface area contributed by atoms with Gasteiger partial charge in [-0.1, -0.05) is 229 Å². The van der Waals surface area contributed by atoms with Crippen molar-refractivity contribution in [1.82, 2.24) is 0 Å². The van der Waals surface area contributed by atoms with Gasteiger partial charge in [-0.25, -0.2) is 0 Å². The molecule has 2 saturated heterocycles. The van der Waals surface area contributed by atoms with Gasteiger partial charge in [0.05, 0.1) is 62.0 Å². The summed E-state index contributed by atoms with van der Waals surface area (Å²) < 4.78 is 341. The zero-order valence-corrected chi connectivity index (χ0v) is 74.1. The SMILES string of the molecule is CC#N.Cc1cc(-c2ccc(C(C)(C)C)cc2)c(N2C(C)C2C)c(-c2ccc(C(C)(C)C)cc2)c1.Cc1cc(-c2ccc(C(C)(C)C)cc2)c(N2C(C)C2C)c(-c2ccc(C(C)(C)C)cc2)c1.FC(F)(F)c1cc([B-](c2cc(C(F)(F)F)cc(C(F)(F)F)c2)(c2cc(C(F)(F)F)cc(C(F)(F)F)c2)c2cc(C(F)(F)F)cc(C(F)(F)F)c2)cc(C(F)(F)F)c1.[CH3][Pd+]. The number of anilines is 2. The van der Waals surface area contributed by atoms with Gasteiger partial charge in [0.15, 0.2) is 0 Å². The van der Waals surface area contributed by atoms with Crippen molar-refractivity contribution < 1.29 is 125 Å². The number of hydrogen-bond donors (Lipinski definition) is 0. The molecule has 0 aliphatic carbocycles. The molecule has 10 aromatic carbocycles. The van der Waals surface area contributed by atoms with Crippen molar-refractivity contribution >= 4 is 39.4 Å². The summed E-state index contributed by atoms with van der Waals surface area (Å²) >= 11 is 2.75. The van der Waals surface area contributed by atoms with E-state index < -0.39 is 195 Å². The number of benzene rings is 10. The molecule has 0 radical (unpaired) electrons. The number of halogens is 24. The molecule has 2 aliphatic rings. The van der Waals surface area contributed by atoms with Crippen LogP contribution in [0.15, 0.2) is 194 Å². The first-order chi connectivity index (χ1) is 57.4. The van der Waals surface area contributed by atoms with Crippen molar-refractivity contribution in [2.45, 2.75) is 232 Å². The standard InChI is InChI=1S/C32H12BF24.2C31H39N.C2H3N.CH3.Pd/c34-25(35,36)13-1-14(26(37,38)39)6-21(5-13)33(22-7-15(27(40,41)42)2-16(8-22)28(43,44)45,23-9-17(29(46,47)48)3-18(10-23)30(49,50)51)24-11-19(31(52,53)54)4-20(12-24)32(55,56)57;2*1-20-18-27(23-10-14-25(15-11-23)30(4,5)6)29(32-21(2)22(32)3)28(19-20)24-12-16-26(17-13-24)31(7,8)9;1-2-3;;/h1-12H;2*10-19,21-22H,1-9H3;1H3;1H3;/q-1;;;;;+1. The Morgan fingerprint density at radius 2 is 0.389 bits per heavy atom. The molecule has 0 amide bonds. The van der Waals surface area contributed by atoms with Crippen LogP contribution >= 0.6 is 0 Å². The van der Waals surface area contributed by atoms with Gasteiger partial charge >= 0.3 is 74.0 Å². The van der Waals surface area contributed by atoms with E-state index in [1.807, 2.05) is 5.40 Å². The number of nitriles is 1. The first kappa shape index (κ1) is 102. The molecule has 680 valence electrons. The third-order valence-electron chi connectivity index (χ3n) is 22.7. The van der Waals surface area contributed by atoms with Crippen LogP contribution in [-0.4, -0.2) is 30.3 Å². The molecule has 126 heavy (non-hydrogen) atoms. The van der Waals surface area contributed by atoms with Crippen LogP contribution in [0.5, 0.6) is 0 Å². The molecular weight excluding hydrogens is 1780 g/mol. The summed E-state index contributed by atoms with van der Waals surface area (Å²) in [5.41, 5.74) is -8.09. The van der Waals surface area contributed by atoms with E-state index in [0.29, 0.717) is 24.2 Å². The van der Waals surface area contributed by atoms with Gasteiger partial charge in [0.2, 0.25) is 0 Å². The van der Waals surface area contributed by atoms with Crippen LogP contribution < -0.4 is 31.7 Å². The number of nitrogens with zero attached hydrogens (tertiary/aromatic N) is 3. The van der Waals surface area contributed by atoms with E-state index in [0.717, 1.165) is 0 Å². The molecule has 10 aromatic rings. The van der Waals surface area contributed by atoms with Crippen LogP contribution in [0.25, 0.3) is 44.5 Å². The van der Waals surface area contributed by atoms with Crippen molar-refractivity contribution in [1.29, 1.82) is 5.26 Å². The van der Waals surface area contributed by atoms with E-state index in [1.54, 1.807) is 6.07 Å². The normalized spacial score (nSPS) is 16.1. The van der Waals surface area contributed by atoms with Gasteiger partial charge in [-0.05, 0) is 167 Å². The summed E-state index contributed by atoms with van der Waals surface area (Å²) in [6, 6.07) is 41.6. The van der Waals surface area contributed by atoms with Crippen molar-refractivity contribution in [3.8, 4) is 50.6 Å². The number of hydrogen-bond acceptors (Lipinski definition) is 3. The fourth-order valence-corrected chi connectivity index (χ4v) is 15.5. The number of aryl methyl sites for hydroxylation is 2. The first-order valence-electron chi connectivity index (χ1n) is 39.7. The Balaban J connectivity index is 0.000000242. The van der Waals surface area contributed by atoms with Gasteiger partial charge in [0, 0.05) is 53.3 Å². The van der Waals surface area contributed by atoms with Gasteiger partial charge in [-0.2, -0.15) is 132 Å². The minimum absolute atomic E-state index is 0.164. The van der Waals surface area contributed by atoms with E-state index in [4.69, 9.17) is 5.26 Å². The second kappa shape index (κ2) is 36.5. The summed E-state index contributed by atoms with van der Waals surface area (Å²) in [5, 5.41) is 9.17. The zero-order chi connectivity index (χ0) is 95.5. The predicted molar refractivity (Wildman–Crippen MR) is 449 cm³/mol. The van der Waals surface area contributed by atoms with Gasteiger partial charge < -0.3 is 9.80 Å². The Morgan fingerprint density at radius 3 is 0.500 bits per heavy atom. The Kier molecular flexibility index (Phi) is 29.4. The van der Waals surface area contributed by atoms with Gasteiger partial charge in [-0.3, -0.25) is 0 Å². The van der Waals surface area contributed by atoms with Crippen LogP contribution in [0, 0.1) is 25.2 Å². The average Bonchev–Trinajstić information content (AvgIpc) is 0.970. The quantitative estimate of drug-likeness (QED) is 0.0776. The van der Waals surface area contributed by atoms with Crippen LogP contribution in [0.3, 0.4) is 0 Å². The van der Waals surface area contributed by atoms with E-state index in [2.05, 4.69) is 275 Å². The minimum atomic E-state index is -6.13.